The lowest BCUT2D eigenvalue weighted by Crippen LogP contribution is -2.56. The van der Waals surface area contributed by atoms with Crippen LogP contribution in [-0.2, 0) is 33.9 Å². The number of carbonyl (C=O) groups excluding carboxylic acids is 3. The van der Waals surface area contributed by atoms with Gasteiger partial charge in [-0.05, 0) is 30.0 Å². The van der Waals surface area contributed by atoms with E-state index in [9.17, 15) is 14.4 Å². The van der Waals surface area contributed by atoms with Crippen molar-refractivity contribution in [3.63, 3.8) is 0 Å². The second kappa shape index (κ2) is 13.2. The molecule has 0 aromatic heterocycles. The summed E-state index contributed by atoms with van der Waals surface area (Å²) in [6, 6.07) is 26.8. The van der Waals surface area contributed by atoms with Crippen LogP contribution in [0.1, 0.15) is 23.6 Å². The Bertz CT molecular complexity index is 1080. The van der Waals surface area contributed by atoms with Gasteiger partial charge in [0, 0.05) is 18.0 Å². The van der Waals surface area contributed by atoms with Crippen LogP contribution < -0.4 is 16.0 Å². The third-order valence-corrected chi connectivity index (χ3v) is 5.80. The molecule has 0 spiro atoms. The van der Waals surface area contributed by atoms with E-state index in [0.717, 1.165) is 16.7 Å². The first-order valence-electron chi connectivity index (χ1n) is 11.4. The van der Waals surface area contributed by atoms with Gasteiger partial charge in [0.15, 0.2) is 6.04 Å². The maximum absolute atomic E-state index is 13.2. The Morgan fingerprint density at radius 2 is 1.06 bits per heavy atom. The quantitative estimate of drug-likeness (QED) is 0.286. The van der Waals surface area contributed by atoms with Gasteiger partial charge in [0.2, 0.25) is 5.91 Å². The van der Waals surface area contributed by atoms with E-state index < -0.39 is 29.7 Å². The molecule has 3 rings (SSSR count). The average Bonchev–Trinajstić information content (AvgIpc) is 2.89. The van der Waals surface area contributed by atoms with Gasteiger partial charge < -0.3 is 16.0 Å². The van der Waals surface area contributed by atoms with E-state index in [4.69, 9.17) is 12.2 Å². The standard InChI is InChI=1S/C28H29N3O3S/c1-20(35)24(17-21-11-5-2-6-12-21)26(32)31-25(27(33)29-18-22-13-7-3-8-14-22)28(34)30-19-23-15-9-4-10-16-23/h2-16,24-25H,17-19H2,1H3,(H,29,33)(H,30,34)(H,31,32)/t24-/m1/s1. The Labute approximate surface area is 211 Å². The molecule has 7 heteroatoms. The van der Waals surface area contributed by atoms with E-state index in [-0.39, 0.29) is 13.1 Å². The van der Waals surface area contributed by atoms with Crippen molar-refractivity contribution < 1.29 is 14.4 Å². The van der Waals surface area contributed by atoms with Crippen molar-refractivity contribution >= 4 is 34.8 Å². The molecule has 3 aromatic rings. The van der Waals surface area contributed by atoms with Crippen molar-refractivity contribution in [2.75, 3.05) is 0 Å². The number of amides is 3. The van der Waals surface area contributed by atoms with Gasteiger partial charge in [-0.1, -0.05) is 103 Å². The summed E-state index contributed by atoms with van der Waals surface area (Å²) in [5.41, 5.74) is 2.70. The number of nitrogens with one attached hydrogen (secondary N) is 3. The molecule has 0 bridgehead atoms. The molecule has 180 valence electrons. The lowest BCUT2D eigenvalue weighted by atomic mass is 9.95. The first kappa shape index (κ1) is 25.8. The Morgan fingerprint density at radius 1 is 0.657 bits per heavy atom. The van der Waals surface area contributed by atoms with Gasteiger partial charge in [-0.3, -0.25) is 14.4 Å². The third-order valence-electron chi connectivity index (χ3n) is 5.52. The molecule has 3 amide bonds. The third kappa shape index (κ3) is 8.15. The summed E-state index contributed by atoms with van der Waals surface area (Å²) in [5, 5.41) is 8.15. The molecular formula is C28H29N3O3S. The molecule has 0 radical (unpaired) electrons. The van der Waals surface area contributed by atoms with Crippen LogP contribution in [0.25, 0.3) is 0 Å². The lowest BCUT2D eigenvalue weighted by molar-refractivity contribution is -0.137. The maximum Gasteiger partial charge on any atom is 0.252 e. The lowest BCUT2D eigenvalue weighted by Gasteiger charge is -2.22. The van der Waals surface area contributed by atoms with Crippen LogP contribution in [0, 0.1) is 5.92 Å². The van der Waals surface area contributed by atoms with Crippen molar-refractivity contribution in [1.29, 1.82) is 0 Å². The number of carbonyl (C=O) groups is 3. The summed E-state index contributed by atoms with van der Waals surface area (Å²) >= 11 is 5.34. The molecule has 0 saturated carbocycles. The molecule has 6 nitrogen and oxygen atoms in total. The van der Waals surface area contributed by atoms with Crippen LogP contribution in [0.5, 0.6) is 0 Å². The Hall–Kier alpha value is -3.84. The molecule has 0 aliphatic carbocycles. The van der Waals surface area contributed by atoms with Crippen molar-refractivity contribution in [3.8, 4) is 0 Å². The zero-order valence-electron chi connectivity index (χ0n) is 19.6. The molecule has 1 atom stereocenters. The van der Waals surface area contributed by atoms with Gasteiger partial charge in [-0.2, -0.15) is 0 Å². The fourth-order valence-corrected chi connectivity index (χ4v) is 3.73. The number of hydrogen-bond donors (Lipinski definition) is 3. The van der Waals surface area contributed by atoms with E-state index in [0.29, 0.717) is 11.3 Å². The first-order chi connectivity index (χ1) is 16.9. The van der Waals surface area contributed by atoms with Gasteiger partial charge in [0.25, 0.3) is 11.8 Å². The summed E-state index contributed by atoms with van der Waals surface area (Å²) in [7, 11) is 0. The Balaban J connectivity index is 1.73. The molecule has 3 aromatic carbocycles. The van der Waals surface area contributed by atoms with Crippen LogP contribution in [0.3, 0.4) is 0 Å². The molecule has 0 heterocycles. The van der Waals surface area contributed by atoms with Gasteiger partial charge in [0.05, 0.1) is 5.92 Å². The zero-order chi connectivity index (χ0) is 25.0. The minimum atomic E-state index is -1.40. The average molecular weight is 488 g/mol. The Kier molecular flexibility index (Phi) is 9.69. The van der Waals surface area contributed by atoms with Crippen LogP contribution in [-0.4, -0.2) is 28.6 Å². The second-order valence-corrected chi connectivity index (χ2v) is 8.85. The molecule has 0 aliphatic heterocycles. The van der Waals surface area contributed by atoms with E-state index in [1.807, 2.05) is 91.0 Å². The Morgan fingerprint density at radius 3 is 1.46 bits per heavy atom. The summed E-state index contributed by atoms with van der Waals surface area (Å²) in [5.74, 6) is -2.30. The second-order valence-electron chi connectivity index (χ2n) is 8.20. The highest BCUT2D eigenvalue weighted by atomic mass is 32.1. The minimum absolute atomic E-state index is 0.234. The number of benzene rings is 3. The van der Waals surface area contributed by atoms with Crippen molar-refractivity contribution in [1.82, 2.24) is 16.0 Å². The zero-order valence-corrected chi connectivity index (χ0v) is 20.4. The summed E-state index contributed by atoms with van der Waals surface area (Å²) in [4.78, 5) is 39.8. The normalized spacial score (nSPS) is 11.4. The van der Waals surface area contributed by atoms with Crippen LogP contribution >= 0.6 is 12.2 Å². The molecule has 0 unspecified atom stereocenters. The highest BCUT2D eigenvalue weighted by Gasteiger charge is 2.31. The van der Waals surface area contributed by atoms with Gasteiger partial charge in [-0.25, -0.2) is 0 Å². The maximum atomic E-state index is 13.2. The predicted octanol–water partition coefficient (Wildman–Crippen LogP) is 3.35. The number of hydrogen-bond acceptors (Lipinski definition) is 4. The van der Waals surface area contributed by atoms with E-state index in [1.165, 1.54) is 0 Å². The van der Waals surface area contributed by atoms with Gasteiger partial charge in [0.1, 0.15) is 0 Å². The number of rotatable bonds is 11. The predicted molar refractivity (Wildman–Crippen MR) is 140 cm³/mol. The number of thiocarbonyl (C=S) groups is 1. The summed E-state index contributed by atoms with van der Waals surface area (Å²) in [6.07, 6.45) is 0.381. The minimum Gasteiger partial charge on any atom is -0.350 e. The van der Waals surface area contributed by atoms with Crippen LogP contribution in [0.15, 0.2) is 91.0 Å². The highest BCUT2D eigenvalue weighted by molar-refractivity contribution is 7.80. The topological polar surface area (TPSA) is 87.3 Å². The largest absolute Gasteiger partial charge is 0.350 e. The van der Waals surface area contributed by atoms with Crippen molar-refractivity contribution in [2.45, 2.75) is 32.5 Å². The molecular weight excluding hydrogens is 458 g/mol. The van der Waals surface area contributed by atoms with Gasteiger partial charge >= 0.3 is 0 Å². The fraction of sp³-hybridized carbons (Fsp3) is 0.214. The van der Waals surface area contributed by atoms with Crippen LogP contribution in [0.4, 0.5) is 0 Å². The van der Waals surface area contributed by atoms with E-state index >= 15 is 0 Å². The molecule has 0 fully saturated rings. The summed E-state index contributed by atoms with van der Waals surface area (Å²) in [6.45, 7) is 2.16. The van der Waals surface area contributed by atoms with E-state index in [1.54, 1.807) is 6.92 Å². The fourth-order valence-electron chi connectivity index (χ4n) is 3.54. The molecule has 35 heavy (non-hydrogen) atoms. The summed E-state index contributed by atoms with van der Waals surface area (Å²) < 4.78 is 0. The first-order valence-corrected chi connectivity index (χ1v) is 11.8. The SMILES string of the molecule is CC(=S)[C@@H](Cc1ccccc1)C(=O)NC(C(=O)NCc1ccccc1)C(=O)NCc1ccccc1. The monoisotopic (exact) mass is 487 g/mol. The molecule has 0 aliphatic rings. The van der Waals surface area contributed by atoms with Crippen molar-refractivity contribution in [3.05, 3.63) is 108 Å². The van der Waals surface area contributed by atoms with Gasteiger partial charge in [-0.15, -0.1) is 0 Å². The van der Waals surface area contributed by atoms with Crippen molar-refractivity contribution in [2.24, 2.45) is 5.92 Å². The molecule has 3 N–H and O–H groups in total. The smallest absolute Gasteiger partial charge is 0.252 e. The molecule has 0 saturated heterocycles. The van der Waals surface area contributed by atoms with E-state index in [2.05, 4.69) is 16.0 Å². The highest BCUT2D eigenvalue weighted by Crippen LogP contribution is 2.12. The van der Waals surface area contributed by atoms with Crippen LogP contribution in [0.2, 0.25) is 0 Å².